The van der Waals surface area contributed by atoms with Crippen molar-refractivity contribution in [2.45, 2.75) is 24.9 Å². The Labute approximate surface area is 200 Å². The van der Waals surface area contributed by atoms with E-state index in [4.69, 9.17) is 5.73 Å². The molecule has 0 saturated heterocycles. The Kier molecular flexibility index (Phi) is 8.41. The molecule has 0 aliphatic heterocycles. The topological polar surface area (TPSA) is 187 Å². The van der Waals surface area contributed by atoms with Crippen LogP contribution in [0.2, 0.25) is 0 Å². The maximum absolute atomic E-state index is 13.1. The molecule has 35 heavy (non-hydrogen) atoms. The van der Waals surface area contributed by atoms with E-state index in [1.807, 2.05) is 24.3 Å². The minimum absolute atomic E-state index is 0.0253. The van der Waals surface area contributed by atoms with Gasteiger partial charge in [0.1, 0.15) is 17.8 Å². The maximum atomic E-state index is 13.1. The summed E-state index contributed by atoms with van der Waals surface area (Å²) < 4.78 is 0. The largest absolute Gasteiger partial charge is 0.508 e. The number of phenols is 1. The standard InChI is InChI=1S/C24H27N5O6/c25-11-21(31)27-13-22(32)28-19(9-14-5-7-16(30)8-6-14)23(33)29-20(24(34)35)10-15-12-26-18-4-2-1-3-17(15)18/h1-8,12,19-20,26,30H,9-11,13,25H2,(H,27,31)(H,28,32)(H,29,33)(H,34,35). The molecule has 0 aliphatic carbocycles. The Morgan fingerprint density at radius 1 is 0.914 bits per heavy atom. The van der Waals surface area contributed by atoms with E-state index in [1.54, 1.807) is 18.3 Å². The SMILES string of the molecule is NCC(=O)NCC(=O)NC(Cc1ccc(O)cc1)C(=O)NC(Cc1c[nH]c2ccccc12)C(=O)O. The van der Waals surface area contributed by atoms with Gasteiger partial charge in [-0.1, -0.05) is 30.3 Å². The molecular formula is C24H27N5O6. The number of aliphatic carboxylic acids is 1. The van der Waals surface area contributed by atoms with Gasteiger partial charge in [-0.2, -0.15) is 0 Å². The maximum Gasteiger partial charge on any atom is 0.326 e. The van der Waals surface area contributed by atoms with Crippen LogP contribution >= 0.6 is 0 Å². The predicted octanol–water partition coefficient (Wildman–Crippen LogP) is -0.212. The van der Waals surface area contributed by atoms with Crippen LogP contribution in [0.15, 0.2) is 54.7 Å². The summed E-state index contributed by atoms with van der Waals surface area (Å²) in [6.45, 7) is -0.689. The molecule has 8 N–H and O–H groups in total. The van der Waals surface area contributed by atoms with Gasteiger partial charge in [-0.25, -0.2) is 4.79 Å². The highest BCUT2D eigenvalue weighted by Gasteiger charge is 2.27. The molecule has 2 atom stereocenters. The Morgan fingerprint density at radius 3 is 2.31 bits per heavy atom. The van der Waals surface area contributed by atoms with Gasteiger partial charge in [0.15, 0.2) is 0 Å². The number of aromatic amines is 1. The van der Waals surface area contributed by atoms with Crippen LogP contribution < -0.4 is 21.7 Å². The number of aromatic hydroxyl groups is 1. The second-order valence-electron chi connectivity index (χ2n) is 7.93. The smallest absolute Gasteiger partial charge is 0.326 e. The molecule has 0 bridgehead atoms. The molecule has 1 aromatic heterocycles. The first kappa shape index (κ1) is 25.2. The Morgan fingerprint density at radius 2 is 1.63 bits per heavy atom. The molecule has 2 aromatic carbocycles. The summed E-state index contributed by atoms with van der Waals surface area (Å²) in [5.74, 6) is -3.08. The fourth-order valence-electron chi connectivity index (χ4n) is 3.57. The number of H-pyrrole nitrogens is 1. The van der Waals surface area contributed by atoms with E-state index in [9.17, 15) is 29.4 Å². The van der Waals surface area contributed by atoms with E-state index in [0.717, 1.165) is 16.5 Å². The van der Waals surface area contributed by atoms with E-state index in [0.29, 0.717) is 5.56 Å². The van der Waals surface area contributed by atoms with Gasteiger partial charge in [0.25, 0.3) is 0 Å². The lowest BCUT2D eigenvalue weighted by Crippen LogP contribution is -2.54. The third kappa shape index (κ3) is 7.05. The third-order valence-corrected chi connectivity index (χ3v) is 5.37. The van der Waals surface area contributed by atoms with Gasteiger partial charge in [-0.3, -0.25) is 14.4 Å². The number of hydrogen-bond donors (Lipinski definition) is 7. The third-order valence-electron chi connectivity index (χ3n) is 5.37. The zero-order valence-electron chi connectivity index (χ0n) is 18.8. The number of hydrogen-bond acceptors (Lipinski definition) is 6. The van der Waals surface area contributed by atoms with Crippen LogP contribution in [-0.4, -0.2) is 64.1 Å². The van der Waals surface area contributed by atoms with Crippen LogP contribution in [0.4, 0.5) is 0 Å². The fourth-order valence-corrected chi connectivity index (χ4v) is 3.57. The van der Waals surface area contributed by atoms with E-state index < -0.39 is 42.3 Å². The summed E-state index contributed by atoms with van der Waals surface area (Å²) in [7, 11) is 0. The number of para-hydroxylation sites is 1. The fraction of sp³-hybridized carbons (Fsp3) is 0.250. The molecule has 0 saturated carbocycles. The first-order valence-corrected chi connectivity index (χ1v) is 10.9. The van der Waals surface area contributed by atoms with Gasteiger partial charge in [0, 0.05) is 29.9 Å². The molecule has 0 spiro atoms. The van der Waals surface area contributed by atoms with E-state index in [1.165, 1.54) is 12.1 Å². The van der Waals surface area contributed by atoms with Crippen molar-refractivity contribution in [2.24, 2.45) is 5.73 Å². The molecule has 3 amide bonds. The van der Waals surface area contributed by atoms with Crippen molar-refractivity contribution in [3.8, 4) is 5.75 Å². The molecule has 184 valence electrons. The average Bonchev–Trinajstić information content (AvgIpc) is 3.25. The number of amides is 3. The van der Waals surface area contributed by atoms with Gasteiger partial charge in [-0.05, 0) is 29.3 Å². The second kappa shape index (κ2) is 11.7. The highest BCUT2D eigenvalue weighted by atomic mass is 16.4. The summed E-state index contributed by atoms with van der Waals surface area (Å²) in [6.07, 6.45) is 1.75. The van der Waals surface area contributed by atoms with Crippen LogP contribution in [0.25, 0.3) is 10.9 Å². The number of carbonyl (C=O) groups excluding carboxylic acids is 3. The predicted molar refractivity (Wildman–Crippen MR) is 127 cm³/mol. The number of carboxylic acid groups (broad SMARTS) is 1. The van der Waals surface area contributed by atoms with Gasteiger partial charge in [0.05, 0.1) is 13.1 Å². The molecule has 0 fully saturated rings. The quantitative estimate of drug-likeness (QED) is 0.197. The second-order valence-corrected chi connectivity index (χ2v) is 7.93. The van der Waals surface area contributed by atoms with Gasteiger partial charge in [-0.15, -0.1) is 0 Å². The number of nitrogens with one attached hydrogen (secondary N) is 4. The van der Waals surface area contributed by atoms with Crippen LogP contribution in [0.3, 0.4) is 0 Å². The number of benzene rings is 2. The lowest BCUT2D eigenvalue weighted by molar-refractivity contribution is -0.142. The molecule has 11 nitrogen and oxygen atoms in total. The van der Waals surface area contributed by atoms with E-state index >= 15 is 0 Å². The summed E-state index contributed by atoms with van der Waals surface area (Å²) in [5.41, 5.74) is 7.39. The molecular weight excluding hydrogens is 454 g/mol. The molecule has 3 rings (SSSR count). The molecule has 1 heterocycles. The number of carbonyl (C=O) groups is 4. The van der Waals surface area contributed by atoms with Crippen molar-refractivity contribution >= 4 is 34.6 Å². The molecule has 2 unspecified atom stereocenters. The van der Waals surface area contributed by atoms with Gasteiger partial charge < -0.3 is 36.9 Å². The molecule has 0 aliphatic rings. The van der Waals surface area contributed by atoms with Crippen molar-refractivity contribution in [1.82, 2.24) is 20.9 Å². The first-order chi connectivity index (χ1) is 16.8. The Hall–Kier alpha value is -4.38. The molecule has 3 aromatic rings. The summed E-state index contributed by atoms with van der Waals surface area (Å²) in [6, 6.07) is 11.0. The van der Waals surface area contributed by atoms with Crippen molar-refractivity contribution in [3.05, 3.63) is 65.9 Å². The van der Waals surface area contributed by atoms with Crippen molar-refractivity contribution in [1.29, 1.82) is 0 Å². The summed E-state index contributed by atoms with van der Waals surface area (Å²) in [5, 5.41) is 27.4. The average molecular weight is 482 g/mol. The molecule has 0 radical (unpaired) electrons. The highest BCUT2D eigenvalue weighted by Crippen LogP contribution is 2.19. The Bertz CT molecular complexity index is 1210. The van der Waals surface area contributed by atoms with Crippen molar-refractivity contribution in [2.75, 3.05) is 13.1 Å². The van der Waals surface area contributed by atoms with Crippen molar-refractivity contribution in [3.63, 3.8) is 0 Å². The number of phenolic OH excluding ortho intramolecular Hbond substituents is 1. The number of fused-ring (bicyclic) bond motifs is 1. The van der Waals surface area contributed by atoms with Gasteiger partial charge in [0.2, 0.25) is 17.7 Å². The van der Waals surface area contributed by atoms with Crippen molar-refractivity contribution < 1.29 is 29.4 Å². The molecule has 11 heteroatoms. The van der Waals surface area contributed by atoms with Crippen LogP contribution in [0, 0.1) is 0 Å². The monoisotopic (exact) mass is 481 g/mol. The van der Waals surface area contributed by atoms with Crippen LogP contribution in [0.5, 0.6) is 5.75 Å². The first-order valence-electron chi connectivity index (χ1n) is 10.9. The van der Waals surface area contributed by atoms with Crippen LogP contribution in [0.1, 0.15) is 11.1 Å². The zero-order chi connectivity index (χ0) is 25.4. The number of nitrogens with two attached hydrogens (primary N) is 1. The lowest BCUT2D eigenvalue weighted by Gasteiger charge is -2.22. The summed E-state index contributed by atoms with van der Waals surface area (Å²) >= 11 is 0. The zero-order valence-corrected chi connectivity index (χ0v) is 18.8. The summed E-state index contributed by atoms with van der Waals surface area (Å²) in [4.78, 5) is 51.8. The van der Waals surface area contributed by atoms with Crippen LogP contribution in [-0.2, 0) is 32.0 Å². The number of aromatic nitrogens is 1. The minimum Gasteiger partial charge on any atom is -0.508 e. The highest BCUT2D eigenvalue weighted by molar-refractivity contribution is 5.92. The minimum atomic E-state index is -1.25. The lowest BCUT2D eigenvalue weighted by atomic mass is 10.0. The Balaban J connectivity index is 1.75. The normalized spacial score (nSPS) is 12.5. The van der Waals surface area contributed by atoms with E-state index in [-0.39, 0.29) is 25.1 Å². The number of carboxylic acids is 1. The van der Waals surface area contributed by atoms with E-state index in [2.05, 4.69) is 20.9 Å². The number of rotatable bonds is 11. The van der Waals surface area contributed by atoms with Gasteiger partial charge >= 0.3 is 5.97 Å².